The number of hydrogen-bond donors (Lipinski definition) is 1. The molecule has 1 aliphatic rings. The molecular formula is C13H17NOSe2. The van der Waals surface area contributed by atoms with E-state index in [9.17, 15) is 5.11 Å². The van der Waals surface area contributed by atoms with E-state index in [0.29, 0.717) is 11.8 Å². The Morgan fingerprint density at radius 2 is 1.88 bits per heavy atom. The van der Waals surface area contributed by atoms with Gasteiger partial charge in [0.2, 0.25) is 0 Å². The fraction of sp³-hybridized carbons (Fsp3) is 0.462. The SMILES string of the molecule is Oc1c([SeH])cc([SeH])cc1C=NC1CCCCC1. The zero-order valence-corrected chi connectivity index (χ0v) is 13.4. The molecule has 17 heavy (non-hydrogen) atoms. The Hall–Kier alpha value is -0.271. The maximum absolute atomic E-state index is 9.94. The van der Waals surface area contributed by atoms with Crippen LogP contribution >= 0.6 is 0 Å². The van der Waals surface area contributed by atoms with Crippen LogP contribution in [-0.2, 0) is 0 Å². The van der Waals surface area contributed by atoms with Gasteiger partial charge in [0.1, 0.15) is 0 Å². The van der Waals surface area contributed by atoms with Crippen LogP contribution in [0.3, 0.4) is 0 Å². The van der Waals surface area contributed by atoms with E-state index in [-0.39, 0.29) is 0 Å². The van der Waals surface area contributed by atoms with Crippen molar-refractivity contribution in [2.75, 3.05) is 0 Å². The third kappa shape index (κ3) is 3.59. The monoisotopic (exact) mass is 363 g/mol. The molecule has 0 aromatic heterocycles. The van der Waals surface area contributed by atoms with Crippen molar-refractivity contribution in [2.24, 2.45) is 4.99 Å². The maximum atomic E-state index is 9.94. The quantitative estimate of drug-likeness (QED) is 0.593. The summed E-state index contributed by atoms with van der Waals surface area (Å²) in [4.78, 5) is 4.60. The van der Waals surface area contributed by atoms with Crippen LogP contribution in [0.1, 0.15) is 37.7 Å². The first-order valence-corrected chi connectivity index (χ1v) is 7.82. The van der Waals surface area contributed by atoms with Gasteiger partial charge in [-0.05, 0) is 0 Å². The number of phenolic OH excluding ortho intramolecular Hbond substituents is 1. The minimum atomic E-state index is 0.333. The minimum absolute atomic E-state index is 0.333. The van der Waals surface area contributed by atoms with E-state index in [0.717, 1.165) is 14.5 Å². The van der Waals surface area contributed by atoms with Gasteiger partial charge in [0.05, 0.1) is 0 Å². The van der Waals surface area contributed by atoms with Crippen molar-refractivity contribution in [3.05, 3.63) is 17.7 Å². The standard InChI is InChI=1S/C13H17NOSe2/c15-13-9(6-11(16)7-12(13)17)8-14-10-4-2-1-3-5-10/h6-8,10,15-17H,1-5H2. The van der Waals surface area contributed by atoms with Gasteiger partial charge in [-0.1, -0.05) is 0 Å². The fourth-order valence-corrected chi connectivity index (χ4v) is 3.74. The molecule has 0 bridgehead atoms. The van der Waals surface area contributed by atoms with E-state index >= 15 is 0 Å². The van der Waals surface area contributed by atoms with Crippen molar-refractivity contribution in [2.45, 2.75) is 38.1 Å². The molecule has 0 radical (unpaired) electrons. The summed E-state index contributed by atoms with van der Waals surface area (Å²) in [6, 6.07) is 4.35. The van der Waals surface area contributed by atoms with Crippen molar-refractivity contribution >= 4 is 47.2 Å². The molecule has 4 heteroatoms. The molecule has 1 aromatic rings. The molecule has 1 N–H and O–H groups in total. The molecule has 92 valence electrons. The number of nitrogens with zero attached hydrogens (tertiary/aromatic N) is 1. The number of phenols is 1. The Bertz CT molecular complexity index is 426. The van der Waals surface area contributed by atoms with Crippen molar-refractivity contribution in [3.63, 3.8) is 0 Å². The first-order chi connectivity index (χ1) is 8.16. The number of aromatic hydroxyl groups is 1. The van der Waals surface area contributed by atoms with Gasteiger partial charge in [0.15, 0.2) is 0 Å². The van der Waals surface area contributed by atoms with E-state index in [2.05, 4.69) is 37.0 Å². The second-order valence-corrected chi connectivity index (χ2v) is 6.57. The molecule has 0 atom stereocenters. The van der Waals surface area contributed by atoms with E-state index in [4.69, 9.17) is 0 Å². The molecule has 2 rings (SSSR count). The second kappa shape index (κ2) is 6.06. The predicted octanol–water partition coefficient (Wildman–Crippen LogP) is 0.196. The molecule has 1 aliphatic carbocycles. The predicted molar refractivity (Wildman–Crippen MR) is 76.1 cm³/mol. The summed E-state index contributed by atoms with van der Waals surface area (Å²) in [5.41, 5.74) is 0.823. The van der Waals surface area contributed by atoms with Crippen molar-refractivity contribution < 1.29 is 5.11 Å². The zero-order valence-electron chi connectivity index (χ0n) is 9.63. The van der Waals surface area contributed by atoms with Gasteiger partial charge in [0, 0.05) is 0 Å². The molecule has 0 unspecified atom stereocenters. The van der Waals surface area contributed by atoms with Crippen LogP contribution in [0.5, 0.6) is 5.75 Å². The van der Waals surface area contributed by atoms with Crippen LogP contribution < -0.4 is 8.92 Å². The molecular weight excluding hydrogens is 344 g/mol. The van der Waals surface area contributed by atoms with Gasteiger partial charge < -0.3 is 0 Å². The normalized spacial score (nSPS) is 17.8. The van der Waals surface area contributed by atoms with Crippen LogP contribution in [0.4, 0.5) is 0 Å². The average Bonchev–Trinajstić information content (AvgIpc) is 2.33. The fourth-order valence-electron chi connectivity index (χ4n) is 2.14. The summed E-state index contributed by atoms with van der Waals surface area (Å²) in [6.45, 7) is 0. The Morgan fingerprint density at radius 1 is 1.18 bits per heavy atom. The van der Waals surface area contributed by atoms with E-state index in [1.165, 1.54) is 32.1 Å². The zero-order chi connectivity index (χ0) is 12.3. The molecule has 0 amide bonds. The van der Waals surface area contributed by atoms with Crippen molar-refractivity contribution in [1.82, 2.24) is 0 Å². The second-order valence-electron chi connectivity index (χ2n) is 4.47. The van der Waals surface area contributed by atoms with Gasteiger partial charge >= 0.3 is 119 Å². The Kier molecular flexibility index (Phi) is 4.69. The Labute approximate surface area is 119 Å². The summed E-state index contributed by atoms with van der Waals surface area (Å²) < 4.78 is 1.94. The molecule has 0 saturated heterocycles. The van der Waals surface area contributed by atoms with Crippen LogP contribution in [0.15, 0.2) is 17.1 Å². The van der Waals surface area contributed by atoms with E-state index in [1.54, 1.807) is 0 Å². The van der Waals surface area contributed by atoms with Gasteiger partial charge in [-0.25, -0.2) is 0 Å². The van der Waals surface area contributed by atoms with Gasteiger partial charge in [0.25, 0.3) is 0 Å². The molecule has 2 nitrogen and oxygen atoms in total. The van der Waals surface area contributed by atoms with Crippen LogP contribution in [0.2, 0.25) is 0 Å². The Balaban J connectivity index is 2.14. The van der Waals surface area contributed by atoms with E-state index in [1.807, 2.05) is 18.3 Å². The molecule has 0 heterocycles. The first-order valence-electron chi connectivity index (χ1n) is 5.95. The van der Waals surface area contributed by atoms with E-state index < -0.39 is 0 Å². The summed E-state index contributed by atoms with van der Waals surface area (Å²) in [5.74, 6) is 0.333. The number of hydrogen-bond acceptors (Lipinski definition) is 2. The third-order valence-corrected chi connectivity index (χ3v) is 4.36. The van der Waals surface area contributed by atoms with Gasteiger partial charge in [-0.15, -0.1) is 0 Å². The average molecular weight is 361 g/mol. The summed E-state index contributed by atoms with van der Waals surface area (Å²) in [5, 5.41) is 9.94. The number of aliphatic imine (C=N–C) groups is 1. The van der Waals surface area contributed by atoms with Crippen LogP contribution in [0, 0.1) is 0 Å². The number of rotatable bonds is 2. The Morgan fingerprint density at radius 3 is 2.59 bits per heavy atom. The summed E-state index contributed by atoms with van der Waals surface area (Å²) in [7, 11) is 0. The third-order valence-electron chi connectivity index (χ3n) is 3.10. The topological polar surface area (TPSA) is 32.6 Å². The summed E-state index contributed by atoms with van der Waals surface area (Å²) in [6.07, 6.45) is 8.13. The molecule has 0 spiro atoms. The van der Waals surface area contributed by atoms with Crippen LogP contribution in [-0.4, -0.2) is 49.4 Å². The number of benzene rings is 1. The molecule has 1 aromatic carbocycles. The molecule has 1 saturated carbocycles. The molecule has 0 aliphatic heterocycles. The molecule has 1 fully saturated rings. The van der Waals surface area contributed by atoms with Crippen LogP contribution in [0.25, 0.3) is 0 Å². The van der Waals surface area contributed by atoms with Crippen molar-refractivity contribution in [1.29, 1.82) is 0 Å². The van der Waals surface area contributed by atoms with Crippen molar-refractivity contribution in [3.8, 4) is 5.75 Å². The first kappa shape index (κ1) is 13.2. The van der Waals surface area contributed by atoms with Gasteiger partial charge in [-0.2, -0.15) is 0 Å². The summed E-state index contributed by atoms with van der Waals surface area (Å²) >= 11 is 4.90. The van der Waals surface area contributed by atoms with Gasteiger partial charge in [-0.3, -0.25) is 0 Å².